The molecule has 28 heavy (non-hydrogen) atoms. The Kier molecular flexibility index (Phi) is 7.32. The first kappa shape index (κ1) is 21.1. The van der Waals surface area contributed by atoms with Crippen molar-refractivity contribution in [2.45, 2.75) is 52.1 Å². The number of nitrogens with zero attached hydrogens (tertiary/aromatic N) is 3. The highest BCUT2D eigenvalue weighted by Crippen LogP contribution is 2.28. The van der Waals surface area contributed by atoms with Crippen LogP contribution in [0.3, 0.4) is 0 Å². The summed E-state index contributed by atoms with van der Waals surface area (Å²) in [6.45, 7) is 6.31. The van der Waals surface area contributed by atoms with Crippen LogP contribution in [0, 0.1) is 5.92 Å². The lowest BCUT2D eigenvalue weighted by atomic mass is 9.96. The lowest BCUT2D eigenvalue weighted by Crippen LogP contribution is -2.45. The molecule has 0 spiro atoms. The molecule has 1 aromatic carbocycles. The zero-order valence-electron chi connectivity index (χ0n) is 16.3. The van der Waals surface area contributed by atoms with Crippen LogP contribution in [0.4, 0.5) is 0 Å². The highest BCUT2D eigenvalue weighted by Gasteiger charge is 2.27. The van der Waals surface area contributed by atoms with Gasteiger partial charge in [0.05, 0.1) is 17.5 Å². The largest absolute Gasteiger partial charge is 0.353 e. The lowest BCUT2D eigenvalue weighted by Gasteiger charge is -2.31. The molecule has 6 nitrogen and oxygen atoms in total. The van der Waals surface area contributed by atoms with Gasteiger partial charge in [-0.3, -0.25) is 9.69 Å². The highest BCUT2D eigenvalue weighted by molar-refractivity contribution is 6.36. The Morgan fingerprint density at radius 2 is 2.25 bits per heavy atom. The van der Waals surface area contributed by atoms with Gasteiger partial charge in [0.25, 0.3) is 0 Å². The minimum absolute atomic E-state index is 0.00107. The Bertz CT molecular complexity index is 811. The standard InChI is InChI=1S/C20H26Cl2N4O2/c1-3-5-13(2)23-20(27)14-6-4-9-26(11-14)12-18-24-19(25-28-18)16-8-7-15(21)10-17(16)22/h7-8,10,13-14H,3-6,9,11-12H2,1-2H3,(H,23,27). The number of likely N-dealkylation sites (tertiary alicyclic amines) is 1. The molecule has 2 heterocycles. The summed E-state index contributed by atoms with van der Waals surface area (Å²) in [6.07, 6.45) is 3.95. The van der Waals surface area contributed by atoms with E-state index in [-0.39, 0.29) is 17.9 Å². The molecule has 0 radical (unpaired) electrons. The summed E-state index contributed by atoms with van der Waals surface area (Å²) in [6, 6.07) is 5.39. The van der Waals surface area contributed by atoms with Crippen LogP contribution in [0.15, 0.2) is 22.7 Å². The van der Waals surface area contributed by atoms with Gasteiger partial charge in [0.15, 0.2) is 0 Å². The van der Waals surface area contributed by atoms with Gasteiger partial charge in [-0.15, -0.1) is 0 Å². The van der Waals surface area contributed by atoms with Crippen LogP contribution in [0.2, 0.25) is 10.0 Å². The van der Waals surface area contributed by atoms with Gasteiger partial charge in [0.2, 0.25) is 17.6 Å². The number of aromatic nitrogens is 2. The predicted molar refractivity (Wildman–Crippen MR) is 110 cm³/mol. The topological polar surface area (TPSA) is 71.3 Å². The Morgan fingerprint density at radius 3 is 3.00 bits per heavy atom. The van der Waals surface area contributed by atoms with Gasteiger partial charge >= 0.3 is 0 Å². The molecule has 152 valence electrons. The van der Waals surface area contributed by atoms with Gasteiger partial charge in [-0.25, -0.2) is 0 Å². The van der Waals surface area contributed by atoms with E-state index in [1.165, 1.54) is 0 Å². The molecule has 0 aliphatic carbocycles. The molecule has 2 unspecified atom stereocenters. The van der Waals surface area contributed by atoms with Crippen molar-refractivity contribution in [1.29, 1.82) is 0 Å². The fraction of sp³-hybridized carbons (Fsp3) is 0.550. The van der Waals surface area contributed by atoms with Crippen molar-refractivity contribution in [2.75, 3.05) is 13.1 Å². The minimum atomic E-state index is 0.00107. The van der Waals surface area contributed by atoms with Crippen molar-refractivity contribution in [1.82, 2.24) is 20.4 Å². The highest BCUT2D eigenvalue weighted by atomic mass is 35.5. The maximum absolute atomic E-state index is 12.5. The molecular weight excluding hydrogens is 399 g/mol. The molecule has 8 heteroatoms. The van der Waals surface area contributed by atoms with Gasteiger partial charge in [-0.05, 0) is 50.9 Å². The molecule has 1 aliphatic rings. The number of halogens is 2. The molecule has 0 bridgehead atoms. The van der Waals surface area contributed by atoms with Crippen LogP contribution < -0.4 is 5.32 Å². The van der Waals surface area contributed by atoms with E-state index in [1.807, 2.05) is 0 Å². The second-order valence-corrected chi connectivity index (χ2v) is 8.25. The molecule has 1 aromatic heterocycles. The number of benzene rings is 1. The molecule has 1 saturated heterocycles. The monoisotopic (exact) mass is 424 g/mol. The maximum atomic E-state index is 12.5. The average Bonchev–Trinajstić information content (AvgIpc) is 3.10. The summed E-state index contributed by atoms with van der Waals surface area (Å²) >= 11 is 12.2. The molecule has 1 N–H and O–H groups in total. The fourth-order valence-corrected chi connectivity index (χ4v) is 4.06. The van der Waals surface area contributed by atoms with E-state index >= 15 is 0 Å². The number of hydrogen-bond acceptors (Lipinski definition) is 5. The first-order valence-corrected chi connectivity index (χ1v) is 10.5. The Labute approximate surface area is 175 Å². The smallest absolute Gasteiger partial charge is 0.241 e. The Hall–Kier alpha value is -1.63. The zero-order valence-corrected chi connectivity index (χ0v) is 17.8. The van der Waals surface area contributed by atoms with E-state index in [0.717, 1.165) is 32.2 Å². The number of rotatable bonds is 7. The second-order valence-electron chi connectivity index (χ2n) is 7.41. The minimum Gasteiger partial charge on any atom is -0.353 e. The third-order valence-electron chi connectivity index (χ3n) is 4.99. The maximum Gasteiger partial charge on any atom is 0.241 e. The molecule has 1 fully saturated rings. The van der Waals surface area contributed by atoms with Gasteiger partial charge in [0, 0.05) is 23.2 Å². The Morgan fingerprint density at radius 1 is 1.43 bits per heavy atom. The van der Waals surface area contributed by atoms with Crippen molar-refractivity contribution >= 4 is 29.1 Å². The van der Waals surface area contributed by atoms with Gasteiger partial charge < -0.3 is 9.84 Å². The van der Waals surface area contributed by atoms with Crippen molar-refractivity contribution in [3.05, 3.63) is 34.1 Å². The van der Waals surface area contributed by atoms with E-state index in [4.69, 9.17) is 27.7 Å². The van der Waals surface area contributed by atoms with E-state index in [0.29, 0.717) is 40.4 Å². The summed E-state index contributed by atoms with van der Waals surface area (Å²) in [5, 5.41) is 8.21. The number of piperidine rings is 1. The van der Waals surface area contributed by atoms with Crippen molar-refractivity contribution in [3.63, 3.8) is 0 Å². The van der Waals surface area contributed by atoms with Crippen LogP contribution in [0.1, 0.15) is 45.4 Å². The van der Waals surface area contributed by atoms with Crippen LogP contribution in [-0.4, -0.2) is 40.1 Å². The van der Waals surface area contributed by atoms with Crippen molar-refractivity contribution in [2.24, 2.45) is 5.92 Å². The average molecular weight is 425 g/mol. The number of amides is 1. The van der Waals surface area contributed by atoms with Gasteiger partial charge in [-0.1, -0.05) is 41.7 Å². The Balaban J connectivity index is 1.59. The normalized spacial score (nSPS) is 18.8. The molecular formula is C20H26Cl2N4O2. The van der Waals surface area contributed by atoms with Crippen LogP contribution in [0.25, 0.3) is 11.4 Å². The molecule has 2 atom stereocenters. The van der Waals surface area contributed by atoms with E-state index in [2.05, 4.69) is 34.2 Å². The van der Waals surface area contributed by atoms with Gasteiger partial charge in [0.1, 0.15) is 0 Å². The summed E-state index contributed by atoms with van der Waals surface area (Å²) in [5.74, 6) is 1.10. The number of carbonyl (C=O) groups excluding carboxylic acids is 1. The van der Waals surface area contributed by atoms with E-state index in [1.54, 1.807) is 18.2 Å². The van der Waals surface area contributed by atoms with Crippen molar-refractivity contribution < 1.29 is 9.32 Å². The lowest BCUT2D eigenvalue weighted by molar-refractivity contribution is -0.127. The van der Waals surface area contributed by atoms with Crippen molar-refractivity contribution in [3.8, 4) is 11.4 Å². The number of carbonyl (C=O) groups is 1. The van der Waals surface area contributed by atoms with Crippen LogP contribution in [-0.2, 0) is 11.3 Å². The number of hydrogen-bond donors (Lipinski definition) is 1. The molecule has 2 aromatic rings. The summed E-state index contributed by atoms with van der Waals surface area (Å²) in [4.78, 5) is 19.2. The fourth-order valence-electron chi connectivity index (χ4n) is 3.57. The summed E-state index contributed by atoms with van der Waals surface area (Å²) in [7, 11) is 0. The molecule has 1 amide bonds. The first-order valence-electron chi connectivity index (χ1n) is 9.77. The zero-order chi connectivity index (χ0) is 20.1. The quantitative estimate of drug-likeness (QED) is 0.704. The SMILES string of the molecule is CCCC(C)NC(=O)C1CCCN(Cc2nc(-c3ccc(Cl)cc3Cl)no2)C1. The van der Waals surface area contributed by atoms with E-state index in [9.17, 15) is 4.79 Å². The van der Waals surface area contributed by atoms with Crippen LogP contribution >= 0.6 is 23.2 Å². The number of nitrogens with one attached hydrogen (secondary N) is 1. The molecule has 1 aliphatic heterocycles. The molecule has 0 saturated carbocycles. The predicted octanol–water partition coefficient (Wildman–Crippen LogP) is 4.56. The second kappa shape index (κ2) is 9.72. The van der Waals surface area contributed by atoms with Crippen LogP contribution in [0.5, 0.6) is 0 Å². The first-order chi connectivity index (χ1) is 13.5. The summed E-state index contributed by atoms with van der Waals surface area (Å²) < 4.78 is 5.40. The van der Waals surface area contributed by atoms with E-state index < -0.39 is 0 Å². The third kappa shape index (κ3) is 5.46. The van der Waals surface area contributed by atoms with Gasteiger partial charge in [-0.2, -0.15) is 4.98 Å². The summed E-state index contributed by atoms with van der Waals surface area (Å²) in [5.41, 5.74) is 0.682. The third-order valence-corrected chi connectivity index (χ3v) is 5.53. The molecule has 3 rings (SSSR count).